The van der Waals surface area contributed by atoms with Crippen molar-refractivity contribution in [1.82, 2.24) is 5.32 Å². The Morgan fingerprint density at radius 3 is 2.88 bits per heavy atom. The van der Waals surface area contributed by atoms with Gasteiger partial charge in [-0.1, -0.05) is 45.1 Å². The van der Waals surface area contributed by atoms with E-state index in [0.29, 0.717) is 6.04 Å². The van der Waals surface area contributed by atoms with Crippen LogP contribution in [0.1, 0.15) is 62.8 Å². The molecule has 0 amide bonds. The van der Waals surface area contributed by atoms with Crippen LogP contribution in [0, 0.1) is 5.92 Å². The van der Waals surface area contributed by atoms with Crippen LogP contribution < -0.4 is 5.32 Å². The number of nitrogens with one attached hydrogen (secondary N) is 1. The summed E-state index contributed by atoms with van der Waals surface area (Å²) in [5.74, 6) is 1.01. The molecule has 0 bridgehead atoms. The summed E-state index contributed by atoms with van der Waals surface area (Å²) in [6.45, 7) is 3.48. The van der Waals surface area contributed by atoms with Gasteiger partial charge in [-0.25, -0.2) is 0 Å². The van der Waals surface area contributed by atoms with E-state index in [1.165, 1.54) is 56.4 Å². The lowest BCUT2D eigenvalue weighted by Crippen LogP contribution is -2.23. The molecule has 1 saturated carbocycles. The highest BCUT2D eigenvalue weighted by Crippen LogP contribution is 2.28. The Labute approximate surface area is 110 Å². The van der Waals surface area contributed by atoms with Crippen molar-refractivity contribution in [3.8, 4) is 0 Å². The smallest absolute Gasteiger partial charge is 0.0414 e. The molecule has 1 aromatic heterocycles. The van der Waals surface area contributed by atoms with E-state index < -0.39 is 0 Å². The predicted molar refractivity (Wildman–Crippen MR) is 76.5 cm³/mol. The maximum atomic E-state index is 3.76. The first-order valence-corrected chi connectivity index (χ1v) is 8.05. The minimum Gasteiger partial charge on any atom is -0.309 e. The molecule has 1 atom stereocenters. The Hall–Kier alpha value is -0.340. The average Bonchev–Trinajstić information content (AvgIpc) is 3.01. The van der Waals surface area contributed by atoms with Gasteiger partial charge in [0.25, 0.3) is 0 Å². The molecule has 0 aliphatic heterocycles. The van der Waals surface area contributed by atoms with Crippen LogP contribution in [0.5, 0.6) is 0 Å². The van der Waals surface area contributed by atoms with Gasteiger partial charge in [0, 0.05) is 10.9 Å². The molecule has 0 radical (unpaired) electrons. The maximum absolute atomic E-state index is 3.76. The first-order valence-electron chi connectivity index (χ1n) is 7.17. The van der Waals surface area contributed by atoms with Gasteiger partial charge in [-0.15, -0.1) is 11.3 Å². The number of thiophene rings is 1. The second-order valence-electron chi connectivity index (χ2n) is 5.25. The van der Waals surface area contributed by atoms with Crippen molar-refractivity contribution in [1.29, 1.82) is 0 Å². The normalized spacial score (nSPS) is 18.6. The summed E-state index contributed by atoms with van der Waals surface area (Å²) in [7, 11) is 0. The number of hydrogen-bond acceptors (Lipinski definition) is 2. The number of rotatable bonds is 7. The first kappa shape index (κ1) is 13.1. The zero-order chi connectivity index (χ0) is 11.9. The first-order chi connectivity index (χ1) is 8.40. The summed E-state index contributed by atoms with van der Waals surface area (Å²) in [6.07, 6.45) is 9.79. The fraction of sp³-hybridized carbons (Fsp3) is 0.733. The summed E-state index contributed by atoms with van der Waals surface area (Å²) < 4.78 is 0. The van der Waals surface area contributed by atoms with Crippen LogP contribution in [0.2, 0.25) is 0 Å². The largest absolute Gasteiger partial charge is 0.309 e. The molecule has 1 aliphatic rings. The van der Waals surface area contributed by atoms with Gasteiger partial charge < -0.3 is 5.32 Å². The SMILES string of the molecule is CCCC(NCCC1CCCC1)c1cccs1. The molecule has 1 heterocycles. The molecule has 2 rings (SSSR count). The predicted octanol–water partition coefficient (Wildman–Crippen LogP) is 4.76. The van der Waals surface area contributed by atoms with E-state index in [1.54, 1.807) is 0 Å². The molecule has 0 aromatic carbocycles. The van der Waals surface area contributed by atoms with Gasteiger partial charge in [0.15, 0.2) is 0 Å². The molecule has 0 saturated heterocycles. The third-order valence-corrected chi connectivity index (χ3v) is 4.87. The van der Waals surface area contributed by atoms with Gasteiger partial charge in [-0.2, -0.15) is 0 Å². The molecule has 0 spiro atoms. The Morgan fingerprint density at radius 2 is 2.24 bits per heavy atom. The molecule has 1 unspecified atom stereocenters. The fourth-order valence-electron chi connectivity index (χ4n) is 2.88. The van der Waals surface area contributed by atoms with Crippen molar-refractivity contribution in [2.24, 2.45) is 5.92 Å². The highest BCUT2D eigenvalue weighted by atomic mass is 32.1. The van der Waals surface area contributed by atoms with Crippen LogP contribution in [0.3, 0.4) is 0 Å². The molecule has 1 nitrogen and oxygen atoms in total. The molecular weight excluding hydrogens is 226 g/mol. The van der Waals surface area contributed by atoms with Crippen molar-refractivity contribution < 1.29 is 0 Å². The third-order valence-electron chi connectivity index (χ3n) is 3.88. The van der Waals surface area contributed by atoms with E-state index in [-0.39, 0.29) is 0 Å². The highest BCUT2D eigenvalue weighted by molar-refractivity contribution is 7.10. The number of hydrogen-bond donors (Lipinski definition) is 1. The Balaban J connectivity index is 1.73. The van der Waals surface area contributed by atoms with Gasteiger partial charge in [0.05, 0.1) is 0 Å². The van der Waals surface area contributed by atoms with Crippen LogP contribution in [0.25, 0.3) is 0 Å². The molecule has 17 heavy (non-hydrogen) atoms. The summed E-state index contributed by atoms with van der Waals surface area (Å²) >= 11 is 1.89. The topological polar surface area (TPSA) is 12.0 Å². The van der Waals surface area contributed by atoms with Crippen molar-refractivity contribution in [3.63, 3.8) is 0 Å². The van der Waals surface area contributed by atoms with E-state index in [9.17, 15) is 0 Å². The van der Waals surface area contributed by atoms with Gasteiger partial charge in [-0.3, -0.25) is 0 Å². The van der Waals surface area contributed by atoms with E-state index in [1.807, 2.05) is 11.3 Å². The van der Waals surface area contributed by atoms with Gasteiger partial charge in [0.1, 0.15) is 0 Å². The van der Waals surface area contributed by atoms with Gasteiger partial charge >= 0.3 is 0 Å². The lowest BCUT2D eigenvalue weighted by atomic mass is 10.0. The highest BCUT2D eigenvalue weighted by Gasteiger charge is 2.16. The molecule has 1 aromatic rings. The van der Waals surface area contributed by atoms with Gasteiger partial charge in [-0.05, 0) is 36.8 Å². The van der Waals surface area contributed by atoms with Gasteiger partial charge in [0.2, 0.25) is 0 Å². The standard InChI is InChI=1S/C15H25NS/c1-2-6-14(15-9-5-12-17-15)16-11-10-13-7-3-4-8-13/h5,9,12-14,16H,2-4,6-8,10-11H2,1H3. The maximum Gasteiger partial charge on any atom is 0.0414 e. The van der Waals surface area contributed by atoms with Crippen molar-refractivity contribution in [2.75, 3.05) is 6.54 Å². The van der Waals surface area contributed by atoms with Crippen molar-refractivity contribution in [2.45, 2.75) is 57.9 Å². The minimum absolute atomic E-state index is 0.599. The summed E-state index contributed by atoms with van der Waals surface area (Å²) in [6, 6.07) is 5.04. The van der Waals surface area contributed by atoms with Crippen LogP contribution in [0.15, 0.2) is 17.5 Å². The van der Waals surface area contributed by atoms with Crippen LogP contribution in [-0.4, -0.2) is 6.54 Å². The van der Waals surface area contributed by atoms with Crippen LogP contribution in [-0.2, 0) is 0 Å². The molecule has 96 valence electrons. The Bertz CT molecular complexity index is 288. The van der Waals surface area contributed by atoms with Crippen molar-refractivity contribution >= 4 is 11.3 Å². The minimum atomic E-state index is 0.599. The second-order valence-corrected chi connectivity index (χ2v) is 6.23. The molecule has 2 heteroatoms. The molecule has 1 N–H and O–H groups in total. The van der Waals surface area contributed by atoms with Crippen LogP contribution in [0.4, 0.5) is 0 Å². The summed E-state index contributed by atoms with van der Waals surface area (Å²) in [4.78, 5) is 1.51. The summed E-state index contributed by atoms with van der Waals surface area (Å²) in [5, 5.41) is 5.95. The van der Waals surface area contributed by atoms with E-state index in [4.69, 9.17) is 0 Å². The van der Waals surface area contributed by atoms with E-state index >= 15 is 0 Å². The average molecular weight is 251 g/mol. The molecule has 1 aliphatic carbocycles. The Kier molecular flexibility index (Phi) is 5.53. The third kappa shape index (κ3) is 4.11. The monoisotopic (exact) mass is 251 g/mol. The second kappa shape index (κ2) is 7.17. The zero-order valence-electron chi connectivity index (χ0n) is 11.0. The van der Waals surface area contributed by atoms with Crippen molar-refractivity contribution in [3.05, 3.63) is 22.4 Å². The zero-order valence-corrected chi connectivity index (χ0v) is 11.8. The Morgan fingerprint density at radius 1 is 1.41 bits per heavy atom. The van der Waals surface area contributed by atoms with E-state index in [0.717, 1.165) is 5.92 Å². The summed E-state index contributed by atoms with van der Waals surface area (Å²) in [5.41, 5.74) is 0. The molecule has 1 fully saturated rings. The van der Waals surface area contributed by atoms with E-state index in [2.05, 4.69) is 29.8 Å². The quantitative estimate of drug-likeness (QED) is 0.737. The van der Waals surface area contributed by atoms with Crippen LogP contribution >= 0.6 is 11.3 Å². The lowest BCUT2D eigenvalue weighted by molar-refractivity contribution is 0.433. The molecular formula is C15H25NS. The lowest BCUT2D eigenvalue weighted by Gasteiger charge is -2.18. The fourth-order valence-corrected chi connectivity index (χ4v) is 3.72.